The Hall–Kier alpha value is -0.610. The average molecular weight is 159 g/mol. The first-order chi connectivity index (χ1) is 5.09. The number of ether oxygens (including phenoxy) is 1. The first-order valence-corrected chi connectivity index (χ1v) is 3.66. The molecule has 0 unspecified atom stereocenters. The maximum atomic E-state index is 10.5. The quantitative estimate of drug-likeness (QED) is 0.575. The van der Waals surface area contributed by atoms with Crippen molar-refractivity contribution < 1.29 is 14.6 Å². The Bertz CT molecular complexity index is 150. The Morgan fingerprint density at radius 1 is 1.64 bits per heavy atom. The van der Waals surface area contributed by atoms with Crippen molar-refractivity contribution in [2.75, 3.05) is 20.1 Å². The maximum absolute atomic E-state index is 10.5. The summed E-state index contributed by atoms with van der Waals surface area (Å²) in [6.07, 6.45) is -0.626. The lowest BCUT2D eigenvalue weighted by Gasteiger charge is -2.32. The fourth-order valence-corrected chi connectivity index (χ4v) is 1.30. The van der Waals surface area contributed by atoms with E-state index in [-0.39, 0.29) is 6.10 Å². The third-order valence-electron chi connectivity index (χ3n) is 1.72. The SMILES string of the molecule is C[C@H]1CN(C)C[C@H](C(=O)O)O1. The first kappa shape index (κ1) is 8.49. The van der Waals surface area contributed by atoms with Crippen molar-refractivity contribution in [2.45, 2.75) is 19.1 Å². The topological polar surface area (TPSA) is 49.8 Å². The minimum absolute atomic E-state index is 0.0230. The summed E-state index contributed by atoms with van der Waals surface area (Å²) in [7, 11) is 1.90. The van der Waals surface area contributed by atoms with Crippen LogP contribution in [0.4, 0.5) is 0 Å². The molecule has 0 radical (unpaired) electrons. The molecule has 0 aliphatic carbocycles. The molecule has 1 saturated heterocycles. The number of hydrogen-bond acceptors (Lipinski definition) is 3. The highest BCUT2D eigenvalue weighted by Gasteiger charge is 2.27. The Kier molecular flexibility index (Phi) is 2.46. The molecule has 0 aromatic carbocycles. The summed E-state index contributed by atoms with van der Waals surface area (Å²) in [6, 6.07) is 0. The summed E-state index contributed by atoms with van der Waals surface area (Å²) in [4.78, 5) is 12.5. The van der Waals surface area contributed by atoms with E-state index in [1.165, 1.54) is 0 Å². The molecule has 1 N–H and O–H groups in total. The second-order valence-corrected chi connectivity index (χ2v) is 2.99. The highest BCUT2D eigenvalue weighted by atomic mass is 16.5. The number of hydrogen-bond donors (Lipinski definition) is 1. The average Bonchev–Trinajstić information content (AvgIpc) is 1.85. The standard InChI is InChI=1S/C7H13NO3/c1-5-3-8(2)4-6(11-5)7(9)10/h5-6H,3-4H2,1-2H3,(H,9,10)/t5-,6+/m0/s1. The number of aliphatic carboxylic acids is 1. The Labute approximate surface area is 65.8 Å². The van der Waals surface area contributed by atoms with Gasteiger partial charge in [0.1, 0.15) is 0 Å². The minimum Gasteiger partial charge on any atom is -0.479 e. The van der Waals surface area contributed by atoms with Gasteiger partial charge < -0.3 is 14.7 Å². The number of nitrogens with zero attached hydrogens (tertiary/aromatic N) is 1. The Morgan fingerprint density at radius 3 is 2.73 bits per heavy atom. The lowest BCUT2D eigenvalue weighted by molar-refractivity contribution is -0.161. The normalized spacial score (nSPS) is 33.6. The molecule has 0 amide bonds. The van der Waals surface area contributed by atoms with E-state index < -0.39 is 12.1 Å². The van der Waals surface area contributed by atoms with Crippen LogP contribution in [0.15, 0.2) is 0 Å². The molecule has 0 spiro atoms. The molecular weight excluding hydrogens is 146 g/mol. The largest absolute Gasteiger partial charge is 0.479 e. The van der Waals surface area contributed by atoms with Crippen molar-refractivity contribution in [1.82, 2.24) is 4.90 Å². The third kappa shape index (κ3) is 2.17. The molecule has 11 heavy (non-hydrogen) atoms. The van der Waals surface area contributed by atoms with E-state index in [2.05, 4.69) is 0 Å². The van der Waals surface area contributed by atoms with Crippen LogP contribution in [0.25, 0.3) is 0 Å². The summed E-state index contributed by atoms with van der Waals surface area (Å²) in [5, 5.41) is 8.62. The van der Waals surface area contributed by atoms with Gasteiger partial charge in [-0.05, 0) is 14.0 Å². The number of carbonyl (C=O) groups is 1. The van der Waals surface area contributed by atoms with E-state index in [0.717, 1.165) is 6.54 Å². The predicted octanol–water partition coefficient (Wildman–Crippen LogP) is -0.210. The number of likely N-dealkylation sites (N-methyl/N-ethyl adjacent to an activating group) is 1. The van der Waals surface area contributed by atoms with Crippen molar-refractivity contribution in [3.05, 3.63) is 0 Å². The van der Waals surface area contributed by atoms with Crippen LogP contribution < -0.4 is 0 Å². The zero-order chi connectivity index (χ0) is 8.43. The van der Waals surface area contributed by atoms with Gasteiger partial charge in [0.2, 0.25) is 0 Å². The lowest BCUT2D eigenvalue weighted by Crippen LogP contribution is -2.47. The van der Waals surface area contributed by atoms with Crippen molar-refractivity contribution in [3.8, 4) is 0 Å². The highest BCUT2D eigenvalue weighted by molar-refractivity contribution is 5.72. The summed E-state index contributed by atoms with van der Waals surface area (Å²) in [5.41, 5.74) is 0. The molecule has 1 heterocycles. The number of morpholine rings is 1. The fourth-order valence-electron chi connectivity index (χ4n) is 1.30. The van der Waals surface area contributed by atoms with Gasteiger partial charge in [0.05, 0.1) is 6.10 Å². The van der Waals surface area contributed by atoms with Gasteiger partial charge in [-0.15, -0.1) is 0 Å². The fraction of sp³-hybridized carbons (Fsp3) is 0.857. The molecule has 1 rings (SSSR count). The van der Waals surface area contributed by atoms with E-state index in [0.29, 0.717) is 6.54 Å². The second-order valence-electron chi connectivity index (χ2n) is 2.99. The van der Waals surface area contributed by atoms with Gasteiger partial charge in [-0.2, -0.15) is 0 Å². The van der Waals surface area contributed by atoms with Gasteiger partial charge in [-0.3, -0.25) is 0 Å². The number of carboxylic acids is 1. The van der Waals surface area contributed by atoms with E-state index in [4.69, 9.17) is 9.84 Å². The lowest BCUT2D eigenvalue weighted by atomic mass is 10.2. The summed E-state index contributed by atoms with van der Waals surface area (Å²) in [5.74, 6) is -0.872. The van der Waals surface area contributed by atoms with Crippen molar-refractivity contribution in [2.24, 2.45) is 0 Å². The highest BCUT2D eigenvalue weighted by Crippen LogP contribution is 2.08. The van der Waals surface area contributed by atoms with E-state index in [1.54, 1.807) is 0 Å². The molecule has 0 saturated carbocycles. The van der Waals surface area contributed by atoms with E-state index in [1.807, 2.05) is 18.9 Å². The zero-order valence-corrected chi connectivity index (χ0v) is 6.78. The summed E-state index contributed by atoms with van der Waals surface area (Å²) >= 11 is 0. The van der Waals surface area contributed by atoms with Crippen LogP contribution in [0.1, 0.15) is 6.92 Å². The van der Waals surface area contributed by atoms with Crippen LogP contribution >= 0.6 is 0 Å². The van der Waals surface area contributed by atoms with E-state index in [9.17, 15) is 4.79 Å². The predicted molar refractivity (Wildman–Crippen MR) is 39.5 cm³/mol. The molecular formula is C7H13NO3. The molecule has 0 aromatic rings. The van der Waals surface area contributed by atoms with Gasteiger partial charge in [0.15, 0.2) is 6.10 Å². The molecule has 1 aliphatic heterocycles. The molecule has 1 aliphatic rings. The Morgan fingerprint density at radius 2 is 2.27 bits per heavy atom. The molecule has 4 heteroatoms. The van der Waals surface area contributed by atoms with Crippen LogP contribution in [0.5, 0.6) is 0 Å². The number of carboxylic acid groups (broad SMARTS) is 1. The second kappa shape index (κ2) is 3.19. The van der Waals surface area contributed by atoms with Crippen molar-refractivity contribution in [3.63, 3.8) is 0 Å². The number of rotatable bonds is 1. The smallest absolute Gasteiger partial charge is 0.334 e. The van der Waals surface area contributed by atoms with Gasteiger partial charge in [-0.1, -0.05) is 0 Å². The summed E-state index contributed by atoms with van der Waals surface area (Å²) < 4.78 is 5.18. The van der Waals surface area contributed by atoms with Crippen LogP contribution in [-0.4, -0.2) is 48.3 Å². The zero-order valence-electron chi connectivity index (χ0n) is 6.78. The first-order valence-electron chi connectivity index (χ1n) is 3.66. The van der Waals surface area contributed by atoms with Gasteiger partial charge in [0.25, 0.3) is 0 Å². The van der Waals surface area contributed by atoms with E-state index >= 15 is 0 Å². The molecule has 2 atom stereocenters. The van der Waals surface area contributed by atoms with Crippen LogP contribution in [0.2, 0.25) is 0 Å². The monoisotopic (exact) mass is 159 g/mol. The Balaban J connectivity index is 2.49. The van der Waals surface area contributed by atoms with Crippen LogP contribution in [0.3, 0.4) is 0 Å². The third-order valence-corrected chi connectivity index (χ3v) is 1.72. The minimum atomic E-state index is -0.872. The van der Waals surface area contributed by atoms with Crippen molar-refractivity contribution >= 4 is 5.97 Å². The van der Waals surface area contributed by atoms with Crippen molar-refractivity contribution in [1.29, 1.82) is 0 Å². The van der Waals surface area contributed by atoms with Gasteiger partial charge in [0, 0.05) is 13.1 Å². The van der Waals surface area contributed by atoms with Crippen LogP contribution in [-0.2, 0) is 9.53 Å². The van der Waals surface area contributed by atoms with Crippen LogP contribution in [0, 0.1) is 0 Å². The molecule has 64 valence electrons. The van der Waals surface area contributed by atoms with Gasteiger partial charge in [-0.25, -0.2) is 4.79 Å². The molecule has 1 fully saturated rings. The molecule has 4 nitrogen and oxygen atoms in total. The summed E-state index contributed by atoms with van der Waals surface area (Å²) in [6.45, 7) is 3.18. The van der Waals surface area contributed by atoms with Gasteiger partial charge >= 0.3 is 5.97 Å². The molecule has 0 aromatic heterocycles. The maximum Gasteiger partial charge on any atom is 0.334 e. The molecule has 0 bridgehead atoms.